The van der Waals surface area contributed by atoms with E-state index in [1.807, 2.05) is 0 Å². The molecule has 0 bridgehead atoms. The maximum atomic E-state index is 0. The van der Waals surface area contributed by atoms with Gasteiger partial charge in [0.05, 0.1) is 0 Å². The van der Waals surface area contributed by atoms with Crippen LogP contribution in [0.2, 0.25) is 0 Å². The van der Waals surface area contributed by atoms with Crippen LogP contribution in [-0.4, -0.2) is 82.6 Å². The summed E-state index contributed by atoms with van der Waals surface area (Å²) < 4.78 is 0. The SMILES string of the molecule is [Al+3].[F-].[F-].[F-].[F-].[F-].[F-].[F-].[F-].[F-].[Ga+3].[Li+].[Sr+2]. The van der Waals surface area contributed by atoms with Crippen LogP contribution in [-0.2, 0) is 0 Å². The fourth-order valence-corrected chi connectivity index (χ4v) is 0. The molecular formula is AlF9GaLiSr. The van der Waals surface area contributed by atoms with Crippen LogP contribution in [0.15, 0.2) is 0 Å². The predicted molar refractivity (Wildman–Crippen MR) is 17.3 cm³/mol. The van der Waals surface area contributed by atoms with Gasteiger partial charge in [0.1, 0.15) is 0 Å². The Bertz CT molecular complexity index is 19.6. The fraction of sp³-hybridized carbons (Fsp3) is 0. The molecule has 0 unspecified atom stereocenters. The van der Waals surface area contributed by atoms with E-state index >= 15 is 0 Å². The van der Waals surface area contributed by atoms with E-state index in [0.717, 1.165) is 0 Å². The van der Waals surface area contributed by atoms with Crippen LogP contribution in [0.25, 0.3) is 0 Å². The van der Waals surface area contributed by atoms with Crippen molar-refractivity contribution in [1.82, 2.24) is 0 Å². The molecule has 13 heteroatoms. The van der Waals surface area contributed by atoms with Crippen molar-refractivity contribution < 1.29 is 61.2 Å². The molecule has 0 radical (unpaired) electrons. The number of hydrogen-bond donors (Lipinski definition) is 0. The maximum Gasteiger partial charge on any atom is 3.00 e. The van der Waals surface area contributed by atoms with Crippen LogP contribution in [0.1, 0.15) is 0 Å². The second-order valence-electron chi connectivity index (χ2n) is 0. The van der Waals surface area contributed by atoms with Gasteiger partial charge in [-0.15, -0.1) is 0 Å². The zero-order chi connectivity index (χ0) is 0. The van der Waals surface area contributed by atoms with E-state index < -0.39 is 0 Å². The van der Waals surface area contributed by atoms with Crippen molar-refractivity contribution in [2.45, 2.75) is 0 Å². The normalized spacial score (nSPS) is 0. The molecule has 0 nitrogen and oxygen atoms in total. The van der Waals surface area contributed by atoms with Crippen LogP contribution < -0.4 is 61.2 Å². The average Bonchev–Trinajstić information content (AvgIpc) is 0. The molecule has 0 aliphatic rings. The molecule has 0 saturated heterocycles. The molecule has 0 aromatic heterocycles. The molecule has 0 aromatic rings. The van der Waals surface area contributed by atoms with Crippen molar-refractivity contribution >= 4 is 82.6 Å². The average molecular weight is 362 g/mol. The van der Waals surface area contributed by atoms with E-state index in [2.05, 4.69) is 0 Å². The summed E-state index contributed by atoms with van der Waals surface area (Å²) in [6.07, 6.45) is 0. The van der Waals surface area contributed by atoms with E-state index in [0.29, 0.717) is 0 Å². The van der Waals surface area contributed by atoms with Gasteiger partial charge in [0.25, 0.3) is 0 Å². The number of hydrogen-bond acceptors (Lipinski definition) is 0. The van der Waals surface area contributed by atoms with E-state index in [4.69, 9.17) is 0 Å². The molecule has 72 valence electrons. The Kier molecular flexibility index (Phi) is 14800. The van der Waals surface area contributed by atoms with Gasteiger partial charge in [0.2, 0.25) is 0 Å². The molecule has 0 amide bonds. The molecule has 0 atom stereocenters. The van der Waals surface area contributed by atoms with Gasteiger partial charge in [0, 0.05) is 0 Å². The molecule has 0 saturated carbocycles. The molecule has 0 N–H and O–H groups in total. The van der Waals surface area contributed by atoms with Gasteiger partial charge in [-0.25, -0.2) is 0 Å². The Morgan fingerprint density at radius 3 is 0.385 bits per heavy atom. The zero-order valence-corrected chi connectivity index (χ0v) is 13.3. The summed E-state index contributed by atoms with van der Waals surface area (Å²) >= 11 is 0. The second-order valence-corrected chi connectivity index (χ2v) is 0. The Morgan fingerprint density at radius 1 is 0.385 bits per heavy atom. The van der Waals surface area contributed by atoms with Gasteiger partial charge in [-0.2, -0.15) is 0 Å². The van der Waals surface area contributed by atoms with Gasteiger partial charge in [0.15, 0.2) is 0 Å². The Labute approximate surface area is 142 Å². The topological polar surface area (TPSA) is 0 Å². The van der Waals surface area contributed by atoms with E-state index in [9.17, 15) is 0 Å². The number of rotatable bonds is 0. The predicted octanol–water partition coefficient (Wildman–Crippen LogP) is -31.1. The Hall–Kier alpha value is 2.62. The van der Waals surface area contributed by atoms with Crippen LogP contribution >= 0.6 is 0 Å². The molecule has 0 rings (SSSR count). The van der Waals surface area contributed by atoms with E-state index in [-0.39, 0.29) is 144 Å². The summed E-state index contributed by atoms with van der Waals surface area (Å²) in [4.78, 5) is 0. The van der Waals surface area contributed by atoms with Gasteiger partial charge in [-0.3, -0.25) is 0 Å². The van der Waals surface area contributed by atoms with Gasteiger partial charge >= 0.3 is 101 Å². The third-order valence-corrected chi connectivity index (χ3v) is 0. The minimum Gasteiger partial charge on any atom is -1.00 e. The number of halogens is 9. The minimum atomic E-state index is 0. The standard InChI is InChI=1S/Al.9FH.Ga.Li.Sr/h;9*1H;;;/q+3;;;;;;;;;;+3;+1;+2/p-9. The summed E-state index contributed by atoms with van der Waals surface area (Å²) in [6.45, 7) is 0. The summed E-state index contributed by atoms with van der Waals surface area (Å²) in [5, 5.41) is 0. The minimum absolute atomic E-state index is 0. The zero-order valence-electron chi connectivity index (χ0n) is 6.26. The molecular weight excluding hydrogens is 362 g/mol. The third-order valence-electron chi connectivity index (χ3n) is 0. The van der Waals surface area contributed by atoms with Crippen molar-refractivity contribution in [3.63, 3.8) is 0 Å². The quantitative estimate of drug-likeness (QED) is 0.297. The van der Waals surface area contributed by atoms with Gasteiger partial charge in [-0.1, -0.05) is 0 Å². The van der Waals surface area contributed by atoms with Crippen LogP contribution in [0.4, 0.5) is 0 Å². The fourth-order valence-electron chi connectivity index (χ4n) is 0. The van der Waals surface area contributed by atoms with E-state index in [1.54, 1.807) is 0 Å². The molecule has 0 aliphatic carbocycles. The smallest absolute Gasteiger partial charge is 1.00 e. The molecule has 0 spiro atoms. The first-order chi connectivity index (χ1) is 0. The third kappa shape index (κ3) is 340. The van der Waals surface area contributed by atoms with Crippen molar-refractivity contribution in [2.24, 2.45) is 0 Å². The first kappa shape index (κ1) is 487. The summed E-state index contributed by atoms with van der Waals surface area (Å²) in [7, 11) is 0. The molecule has 13 heavy (non-hydrogen) atoms. The second kappa shape index (κ2) is 396. The van der Waals surface area contributed by atoms with Crippen molar-refractivity contribution in [2.75, 3.05) is 0 Å². The largest absolute Gasteiger partial charge is 3.00 e. The van der Waals surface area contributed by atoms with E-state index in [1.165, 1.54) is 0 Å². The van der Waals surface area contributed by atoms with Gasteiger partial charge in [-0.05, 0) is 0 Å². The Morgan fingerprint density at radius 2 is 0.385 bits per heavy atom. The first-order valence-corrected chi connectivity index (χ1v) is 0. The van der Waals surface area contributed by atoms with Gasteiger partial charge < -0.3 is 42.3 Å². The first-order valence-electron chi connectivity index (χ1n) is 0. The molecule has 0 heterocycles. The van der Waals surface area contributed by atoms with Crippen molar-refractivity contribution in [3.8, 4) is 0 Å². The Balaban J connectivity index is 0. The summed E-state index contributed by atoms with van der Waals surface area (Å²) in [5.74, 6) is 0. The molecule has 0 aliphatic heterocycles. The maximum absolute atomic E-state index is 0. The monoisotopic (exact) mass is 362 g/mol. The van der Waals surface area contributed by atoms with Crippen LogP contribution in [0, 0.1) is 0 Å². The van der Waals surface area contributed by atoms with Crippen molar-refractivity contribution in [3.05, 3.63) is 0 Å². The van der Waals surface area contributed by atoms with Crippen molar-refractivity contribution in [1.29, 1.82) is 0 Å². The molecule has 0 aromatic carbocycles. The van der Waals surface area contributed by atoms with Crippen LogP contribution in [0.3, 0.4) is 0 Å². The summed E-state index contributed by atoms with van der Waals surface area (Å²) in [5.41, 5.74) is 0. The molecule has 0 fully saturated rings. The van der Waals surface area contributed by atoms with Crippen LogP contribution in [0.5, 0.6) is 0 Å². The summed E-state index contributed by atoms with van der Waals surface area (Å²) in [6, 6.07) is 0.